The number of rotatable bonds is 23. The molecule has 0 saturated carbocycles. The third-order valence-corrected chi connectivity index (χ3v) is 6.82. The van der Waals surface area contributed by atoms with Gasteiger partial charge in [-0.3, -0.25) is 4.18 Å². The smallest absolute Gasteiger partial charge is 1.00 e. The Labute approximate surface area is 207 Å². The molecule has 172 valence electrons. The average Bonchev–Trinajstić information content (AvgIpc) is 2.67. The summed E-state index contributed by atoms with van der Waals surface area (Å²) < 4.78 is 28.9. The van der Waals surface area contributed by atoms with Gasteiger partial charge in [-0.15, -0.1) is 0 Å². The molecular formula is C24H51NaO3S. The van der Waals surface area contributed by atoms with Crippen LogP contribution in [0.15, 0.2) is 0 Å². The van der Waals surface area contributed by atoms with E-state index in [2.05, 4.69) is 13.8 Å². The van der Waals surface area contributed by atoms with E-state index in [0.29, 0.717) is 6.61 Å². The maximum absolute atomic E-state index is 11.9. The third kappa shape index (κ3) is 26.9. The van der Waals surface area contributed by atoms with E-state index >= 15 is 0 Å². The summed E-state index contributed by atoms with van der Waals surface area (Å²) >= 11 is 0. The van der Waals surface area contributed by atoms with Crippen LogP contribution in [0.2, 0.25) is 0 Å². The summed E-state index contributed by atoms with van der Waals surface area (Å²) in [6, 6.07) is 0. The Kier molecular flexibility index (Phi) is 27.9. The Hall–Kier alpha value is 0.910. The van der Waals surface area contributed by atoms with Crippen LogP contribution in [-0.4, -0.2) is 20.8 Å². The minimum absolute atomic E-state index is 0. The third-order valence-electron chi connectivity index (χ3n) is 5.51. The van der Waals surface area contributed by atoms with E-state index in [-0.39, 0.29) is 36.7 Å². The van der Waals surface area contributed by atoms with Crippen molar-refractivity contribution in [2.75, 3.05) is 12.4 Å². The monoisotopic (exact) mass is 442 g/mol. The van der Waals surface area contributed by atoms with Gasteiger partial charge in [0.1, 0.15) is 0 Å². The van der Waals surface area contributed by atoms with Gasteiger partial charge < -0.3 is 1.43 Å². The van der Waals surface area contributed by atoms with Crippen molar-refractivity contribution in [1.82, 2.24) is 0 Å². The van der Waals surface area contributed by atoms with Gasteiger partial charge in [0.2, 0.25) is 0 Å². The largest absolute Gasteiger partial charge is 1.00 e. The molecule has 0 aromatic carbocycles. The summed E-state index contributed by atoms with van der Waals surface area (Å²) in [5.41, 5.74) is 0. The van der Waals surface area contributed by atoms with Crippen LogP contribution in [-0.2, 0) is 14.3 Å². The molecule has 0 aliphatic carbocycles. The first-order valence-corrected chi connectivity index (χ1v) is 14.1. The summed E-state index contributed by atoms with van der Waals surface area (Å²) in [6.45, 7) is 4.85. The molecular weight excluding hydrogens is 391 g/mol. The van der Waals surface area contributed by atoms with Crippen molar-refractivity contribution in [3.8, 4) is 0 Å². The first kappa shape index (κ1) is 32.1. The quantitative estimate of drug-likeness (QED) is 0.123. The van der Waals surface area contributed by atoms with Crippen LogP contribution in [0, 0.1) is 0 Å². The molecule has 0 aliphatic heterocycles. The first-order valence-electron chi connectivity index (χ1n) is 12.5. The van der Waals surface area contributed by atoms with Gasteiger partial charge in [0, 0.05) is 0 Å². The maximum atomic E-state index is 11.9. The van der Waals surface area contributed by atoms with Gasteiger partial charge in [0.05, 0.1) is 12.4 Å². The normalized spacial score (nSPS) is 11.5. The fourth-order valence-electron chi connectivity index (χ4n) is 3.60. The molecule has 5 heteroatoms. The predicted octanol–water partition coefficient (Wildman–Crippen LogP) is 5.29. The van der Waals surface area contributed by atoms with Gasteiger partial charge in [0.25, 0.3) is 10.1 Å². The maximum Gasteiger partial charge on any atom is 1.00 e. The van der Waals surface area contributed by atoms with Crippen LogP contribution in [0.5, 0.6) is 0 Å². The van der Waals surface area contributed by atoms with Crippen molar-refractivity contribution < 1.29 is 43.6 Å². The summed E-state index contributed by atoms with van der Waals surface area (Å²) in [7, 11) is -3.30. The molecule has 0 heterocycles. The topological polar surface area (TPSA) is 43.4 Å². The SMILES string of the molecule is CCCCCCCCCCCCCCCOS(=O)(=O)CCCCCCCCC.[H-].[Na+]. The van der Waals surface area contributed by atoms with Crippen LogP contribution in [0.4, 0.5) is 0 Å². The van der Waals surface area contributed by atoms with E-state index in [1.807, 2.05) is 0 Å². The molecule has 0 bridgehead atoms. The van der Waals surface area contributed by atoms with E-state index < -0.39 is 10.1 Å². The number of hydrogen-bond donors (Lipinski definition) is 0. The molecule has 0 aromatic heterocycles. The molecule has 29 heavy (non-hydrogen) atoms. The van der Waals surface area contributed by atoms with E-state index in [1.165, 1.54) is 96.3 Å². The average molecular weight is 443 g/mol. The second-order valence-electron chi connectivity index (χ2n) is 8.45. The summed E-state index contributed by atoms with van der Waals surface area (Å²) in [5, 5.41) is 0. The van der Waals surface area contributed by atoms with Gasteiger partial charge in [-0.1, -0.05) is 129 Å². The Morgan fingerprint density at radius 2 is 0.828 bits per heavy atom. The van der Waals surface area contributed by atoms with Crippen molar-refractivity contribution in [3.63, 3.8) is 0 Å². The van der Waals surface area contributed by atoms with E-state index in [9.17, 15) is 8.42 Å². The van der Waals surface area contributed by atoms with E-state index in [0.717, 1.165) is 32.1 Å². The van der Waals surface area contributed by atoms with Crippen molar-refractivity contribution in [1.29, 1.82) is 0 Å². The Balaban J connectivity index is -0.00000364. The minimum atomic E-state index is -3.30. The molecule has 0 atom stereocenters. The van der Waals surface area contributed by atoms with Crippen LogP contribution in [0.3, 0.4) is 0 Å². The predicted molar refractivity (Wildman–Crippen MR) is 125 cm³/mol. The fraction of sp³-hybridized carbons (Fsp3) is 1.00. The molecule has 0 aromatic rings. The zero-order valence-electron chi connectivity index (χ0n) is 21.2. The summed E-state index contributed by atoms with van der Waals surface area (Å²) in [5.74, 6) is 0.194. The molecule has 0 radical (unpaired) electrons. The van der Waals surface area contributed by atoms with Gasteiger partial charge in [-0.25, -0.2) is 0 Å². The molecule has 0 spiro atoms. The van der Waals surface area contributed by atoms with Crippen molar-refractivity contribution in [2.45, 2.75) is 142 Å². The van der Waals surface area contributed by atoms with Crippen LogP contribution in [0.1, 0.15) is 144 Å². The summed E-state index contributed by atoms with van der Waals surface area (Å²) in [4.78, 5) is 0. The fourth-order valence-corrected chi connectivity index (χ4v) is 4.65. The van der Waals surface area contributed by atoms with Gasteiger partial charge >= 0.3 is 29.6 Å². The Morgan fingerprint density at radius 3 is 1.21 bits per heavy atom. The zero-order chi connectivity index (χ0) is 20.8. The molecule has 0 rings (SSSR count). The molecule has 0 fully saturated rings. The first-order chi connectivity index (χ1) is 13.6. The van der Waals surface area contributed by atoms with Crippen LogP contribution < -0.4 is 29.6 Å². The molecule has 0 unspecified atom stereocenters. The number of unbranched alkanes of at least 4 members (excludes halogenated alkanes) is 18. The van der Waals surface area contributed by atoms with Crippen molar-refractivity contribution >= 4 is 10.1 Å². The standard InChI is InChI=1S/C24H50O3S.Na.H/c1-3-5-7-9-11-12-13-14-15-16-17-19-21-23-27-28(25,26)24-22-20-18-10-8-6-4-2;;/h3-24H2,1-2H3;;/q;+1;-1. The van der Waals surface area contributed by atoms with Gasteiger partial charge in [0.15, 0.2) is 0 Å². The zero-order valence-corrected chi connectivity index (χ0v) is 23.0. The molecule has 0 N–H and O–H groups in total. The van der Waals surface area contributed by atoms with Crippen molar-refractivity contribution in [3.05, 3.63) is 0 Å². The van der Waals surface area contributed by atoms with Crippen LogP contribution in [0.25, 0.3) is 0 Å². The number of hydrogen-bond acceptors (Lipinski definition) is 3. The molecule has 3 nitrogen and oxygen atoms in total. The summed E-state index contributed by atoms with van der Waals surface area (Å²) in [6.07, 6.45) is 24.8. The second kappa shape index (κ2) is 25.2. The Bertz CT molecular complexity index is 405. The van der Waals surface area contributed by atoms with Crippen molar-refractivity contribution in [2.24, 2.45) is 0 Å². The van der Waals surface area contributed by atoms with Crippen LogP contribution >= 0.6 is 0 Å². The minimum Gasteiger partial charge on any atom is -1.00 e. The molecule has 0 amide bonds. The Morgan fingerprint density at radius 1 is 0.517 bits per heavy atom. The van der Waals surface area contributed by atoms with E-state index in [1.54, 1.807) is 0 Å². The molecule has 0 saturated heterocycles. The van der Waals surface area contributed by atoms with Gasteiger partial charge in [-0.2, -0.15) is 8.42 Å². The van der Waals surface area contributed by atoms with Gasteiger partial charge in [-0.05, 0) is 12.8 Å². The van der Waals surface area contributed by atoms with E-state index in [4.69, 9.17) is 4.18 Å². The second-order valence-corrected chi connectivity index (χ2v) is 10.2. The molecule has 0 aliphatic rings.